The molecule has 0 spiro atoms. The van der Waals surface area contributed by atoms with E-state index in [0.717, 1.165) is 12.2 Å². The Bertz CT molecular complexity index is 457. The van der Waals surface area contributed by atoms with Gasteiger partial charge in [0.2, 0.25) is 0 Å². The fourth-order valence-electron chi connectivity index (χ4n) is 1.77. The Kier molecular flexibility index (Phi) is 2.11. The number of thioether (sulfide) groups is 1. The predicted octanol–water partition coefficient (Wildman–Crippen LogP) is 3.94. The van der Waals surface area contributed by atoms with Gasteiger partial charge in [-0.25, -0.2) is 0 Å². The Hall–Kier alpha value is -0.730. The van der Waals surface area contributed by atoms with Gasteiger partial charge in [0.1, 0.15) is 0 Å². The van der Waals surface area contributed by atoms with E-state index >= 15 is 0 Å². The molecule has 1 aliphatic heterocycles. The average molecular weight is 218 g/mol. The van der Waals surface area contributed by atoms with E-state index in [1.165, 1.54) is 16.0 Å². The third-order valence-corrected chi connectivity index (χ3v) is 4.67. The standard InChI is InChI=1S/C12H10S2/c1-2-4-11-9(3-1)7-12-10(8-14-11)5-6-13-12/h1-6H,7-8H2. The molecule has 0 unspecified atom stereocenters. The van der Waals surface area contributed by atoms with Crippen molar-refractivity contribution >= 4 is 23.1 Å². The smallest absolute Gasteiger partial charge is 0.0243 e. The van der Waals surface area contributed by atoms with E-state index in [4.69, 9.17) is 0 Å². The zero-order valence-electron chi connectivity index (χ0n) is 7.69. The first kappa shape index (κ1) is 8.57. The van der Waals surface area contributed by atoms with Crippen LogP contribution in [0.15, 0.2) is 40.6 Å². The molecule has 0 fully saturated rings. The number of hydrogen-bond acceptors (Lipinski definition) is 2. The van der Waals surface area contributed by atoms with Crippen molar-refractivity contribution < 1.29 is 0 Å². The largest absolute Gasteiger partial charge is 0.148 e. The maximum atomic E-state index is 2.26. The molecule has 1 aromatic heterocycles. The molecule has 2 heteroatoms. The van der Waals surface area contributed by atoms with E-state index < -0.39 is 0 Å². The Morgan fingerprint density at radius 1 is 1.00 bits per heavy atom. The van der Waals surface area contributed by atoms with E-state index in [9.17, 15) is 0 Å². The molecule has 3 rings (SSSR count). The molecule has 0 aliphatic carbocycles. The highest BCUT2D eigenvalue weighted by molar-refractivity contribution is 7.98. The summed E-state index contributed by atoms with van der Waals surface area (Å²) >= 11 is 3.85. The highest BCUT2D eigenvalue weighted by Gasteiger charge is 2.13. The first-order valence-electron chi connectivity index (χ1n) is 4.69. The van der Waals surface area contributed by atoms with Crippen LogP contribution in [0.5, 0.6) is 0 Å². The van der Waals surface area contributed by atoms with Gasteiger partial charge in [-0.15, -0.1) is 23.1 Å². The van der Waals surface area contributed by atoms with Crippen LogP contribution < -0.4 is 0 Å². The van der Waals surface area contributed by atoms with Crippen LogP contribution in [0.25, 0.3) is 0 Å². The highest BCUT2D eigenvalue weighted by Crippen LogP contribution is 2.35. The lowest BCUT2D eigenvalue weighted by molar-refractivity contribution is 1.16. The monoisotopic (exact) mass is 218 g/mol. The molecule has 2 aromatic rings. The number of fused-ring (bicyclic) bond motifs is 2. The second kappa shape index (κ2) is 3.44. The first-order valence-corrected chi connectivity index (χ1v) is 6.56. The van der Waals surface area contributed by atoms with Crippen LogP contribution >= 0.6 is 23.1 Å². The van der Waals surface area contributed by atoms with Crippen molar-refractivity contribution in [3.63, 3.8) is 0 Å². The molecular formula is C12H10S2. The third kappa shape index (κ3) is 1.39. The Morgan fingerprint density at radius 3 is 2.93 bits per heavy atom. The van der Waals surface area contributed by atoms with Crippen LogP contribution in [-0.4, -0.2) is 0 Å². The molecule has 0 amide bonds. The lowest BCUT2D eigenvalue weighted by atomic mass is 10.1. The van der Waals surface area contributed by atoms with Crippen LogP contribution in [0, 0.1) is 0 Å². The van der Waals surface area contributed by atoms with Crippen molar-refractivity contribution in [3.8, 4) is 0 Å². The van der Waals surface area contributed by atoms with Gasteiger partial charge in [0.15, 0.2) is 0 Å². The van der Waals surface area contributed by atoms with Gasteiger partial charge in [-0.1, -0.05) is 18.2 Å². The molecule has 2 heterocycles. The highest BCUT2D eigenvalue weighted by atomic mass is 32.2. The van der Waals surface area contributed by atoms with Gasteiger partial charge in [0, 0.05) is 21.9 Å². The zero-order chi connectivity index (χ0) is 9.38. The fraction of sp³-hybridized carbons (Fsp3) is 0.167. The number of benzene rings is 1. The minimum Gasteiger partial charge on any atom is -0.148 e. The lowest BCUT2D eigenvalue weighted by Gasteiger charge is -2.02. The lowest BCUT2D eigenvalue weighted by Crippen LogP contribution is -1.85. The van der Waals surface area contributed by atoms with Crippen molar-refractivity contribution in [1.82, 2.24) is 0 Å². The van der Waals surface area contributed by atoms with E-state index in [1.807, 2.05) is 23.1 Å². The summed E-state index contributed by atoms with van der Waals surface area (Å²) in [5.41, 5.74) is 3.01. The molecule has 0 N–H and O–H groups in total. The normalized spacial score (nSPS) is 14.3. The molecule has 1 aromatic carbocycles. The van der Waals surface area contributed by atoms with Gasteiger partial charge in [-0.05, 0) is 28.6 Å². The average Bonchev–Trinajstić information content (AvgIpc) is 2.58. The Morgan fingerprint density at radius 2 is 1.93 bits per heavy atom. The summed E-state index contributed by atoms with van der Waals surface area (Å²) in [5, 5.41) is 2.21. The Balaban J connectivity index is 2.10. The van der Waals surface area contributed by atoms with Gasteiger partial charge < -0.3 is 0 Å². The number of hydrogen-bond donors (Lipinski definition) is 0. The molecule has 1 aliphatic rings. The molecule has 0 bridgehead atoms. The van der Waals surface area contributed by atoms with Crippen LogP contribution in [0.3, 0.4) is 0 Å². The molecule has 14 heavy (non-hydrogen) atoms. The SMILES string of the molecule is c1ccc2c(c1)Cc1sccc1CS2. The summed E-state index contributed by atoms with van der Waals surface area (Å²) in [4.78, 5) is 3.00. The van der Waals surface area contributed by atoms with Gasteiger partial charge >= 0.3 is 0 Å². The van der Waals surface area contributed by atoms with Crippen molar-refractivity contribution in [2.24, 2.45) is 0 Å². The maximum Gasteiger partial charge on any atom is 0.0243 e. The molecule has 0 saturated carbocycles. The van der Waals surface area contributed by atoms with Gasteiger partial charge in [0.25, 0.3) is 0 Å². The molecular weight excluding hydrogens is 208 g/mol. The minimum atomic E-state index is 1.12. The van der Waals surface area contributed by atoms with Crippen molar-refractivity contribution in [3.05, 3.63) is 51.7 Å². The minimum absolute atomic E-state index is 1.12. The molecule has 0 radical (unpaired) electrons. The predicted molar refractivity (Wildman–Crippen MR) is 63.1 cm³/mol. The van der Waals surface area contributed by atoms with E-state index in [0.29, 0.717) is 0 Å². The van der Waals surface area contributed by atoms with Gasteiger partial charge in [0.05, 0.1) is 0 Å². The molecule has 0 nitrogen and oxygen atoms in total. The Labute approximate surface area is 92.0 Å². The van der Waals surface area contributed by atoms with Crippen molar-refractivity contribution in [1.29, 1.82) is 0 Å². The summed E-state index contributed by atoms with van der Waals surface area (Å²) in [6.07, 6.45) is 1.12. The fourth-order valence-corrected chi connectivity index (χ4v) is 3.87. The van der Waals surface area contributed by atoms with Gasteiger partial charge in [-0.3, -0.25) is 0 Å². The number of thiophene rings is 1. The molecule has 70 valence electrons. The topological polar surface area (TPSA) is 0 Å². The maximum absolute atomic E-state index is 2.26. The molecule has 0 atom stereocenters. The summed E-state index contributed by atoms with van der Waals surface area (Å²) in [6, 6.07) is 11.0. The van der Waals surface area contributed by atoms with Crippen molar-refractivity contribution in [2.45, 2.75) is 17.1 Å². The zero-order valence-corrected chi connectivity index (χ0v) is 9.33. The summed E-state index contributed by atoms with van der Waals surface area (Å²) in [7, 11) is 0. The van der Waals surface area contributed by atoms with Crippen molar-refractivity contribution in [2.75, 3.05) is 0 Å². The quantitative estimate of drug-likeness (QED) is 0.645. The van der Waals surface area contributed by atoms with E-state index in [1.54, 1.807) is 4.88 Å². The van der Waals surface area contributed by atoms with Crippen LogP contribution in [0.4, 0.5) is 0 Å². The van der Waals surface area contributed by atoms with Crippen LogP contribution in [0.1, 0.15) is 16.0 Å². The second-order valence-electron chi connectivity index (χ2n) is 3.44. The van der Waals surface area contributed by atoms with E-state index in [-0.39, 0.29) is 0 Å². The van der Waals surface area contributed by atoms with Gasteiger partial charge in [-0.2, -0.15) is 0 Å². The summed E-state index contributed by atoms with van der Waals surface area (Å²) < 4.78 is 0. The van der Waals surface area contributed by atoms with Crippen LogP contribution in [-0.2, 0) is 12.2 Å². The number of rotatable bonds is 0. The molecule has 0 saturated heterocycles. The first-order chi connectivity index (χ1) is 6.93. The summed E-state index contributed by atoms with van der Waals surface area (Å²) in [5.74, 6) is 1.13. The third-order valence-electron chi connectivity index (χ3n) is 2.54. The summed E-state index contributed by atoms with van der Waals surface area (Å²) in [6.45, 7) is 0. The van der Waals surface area contributed by atoms with Crippen LogP contribution in [0.2, 0.25) is 0 Å². The van der Waals surface area contributed by atoms with E-state index in [2.05, 4.69) is 35.7 Å². The second-order valence-corrected chi connectivity index (χ2v) is 5.46.